The summed E-state index contributed by atoms with van der Waals surface area (Å²) in [6, 6.07) is 6.20. The molecule has 0 spiro atoms. The molecule has 28 heavy (non-hydrogen) atoms. The minimum Gasteiger partial charge on any atom is -0.488 e. The summed E-state index contributed by atoms with van der Waals surface area (Å²) in [5, 5.41) is 4.13. The first-order valence-corrected chi connectivity index (χ1v) is 9.07. The van der Waals surface area contributed by atoms with Crippen molar-refractivity contribution >= 4 is 11.2 Å². The number of aromatic nitrogens is 6. The van der Waals surface area contributed by atoms with Crippen molar-refractivity contribution in [2.75, 3.05) is 0 Å². The van der Waals surface area contributed by atoms with Gasteiger partial charge in [-0.1, -0.05) is 23.4 Å². The van der Waals surface area contributed by atoms with Crippen LogP contribution in [0.15, 0.2) is 40.2 Å². The van der Waals surface area contributed by atoms with Crippen LogP contribution in [0.2, 0.25) is 0 Å². The minimum atomic E-state index is -0.194. The third kappa shape index (κ3) is 2.04. The molecule has 4 aromatic rings. The molecule has 6 rings (SSSR count). The summed E-state index contributed by atoms with van der Waals surface area (Å²) in [6.45, 7) is 2.22. The van der Waals surface area contributed by atoms with E-state index >= 15 is 0 Å². The number of hydrogen-bond donors (Lipinski definition) is 0. The fourth-order valence-electron chi connectivity index (χ4n) is 4.14. The maximum Gasteiger partial charge on any atom is 0.280 e. The van der Waals surface area contributed by atoms with E-state index in [2.05, 4.69) is 39.2 Å². The Morgan fingerprint density at radius 2 is 2.04 bits per heavy atom. The van der Waals surface area contributed by atoms with E-state index in [0.717, 1.165) is 11.3 Å². The number of imidazole rings is 1. The van der Waals surface area contributed by atoms with Crippen LogP contribution in [0.25, 0.3) is 11.2 Å². The topological polar surface area (TPSA) is 101 Å². The number of ether oxygens (including phenoxy) is 1. The smallest absolute Gasteiger partial charge is 0.280 e. The normalized spacial score (nSPS) is 22.1. The van der Waals surface area contributed by atoms with Gasteiger partial charge in [-0.15, -0.1) is 0 Å². The highest BCUT2D eigenvalue weighted by Crippen LogP contribution is 2.63. The average molecular weight is 376 g/mol. The molecule has 2 aliphatic rings. The molecular formula is C19H16N6O3. The van der Waals surface area contributed by atoms with Gasteiger partial charge < -0.3 is 13.8 Å². The molecule has 0 amide bonds. The van der Waals surface area contributed by atoms with Crippen molar-refractivity contribution < 1.29 is 9.26 Å². The lowest BCUT2D eigenvalue weighted by Crippen LogP contribution is -2.22. The van der Waals surface area contributed by atoms with Gasteiger partial charge in [0.1, 0.15) is 24.7 Å². The Balaban J connectivity index is 1.28. The number of nitrogens with zero attached hydrogens (tertiary/aromatic N) is 6. The SMILES string of the molecule is Cc1cccc2c1OC1C(c3noc(Cn4cnc5ncn(C)c5c4=O)n3)C21. The molecule has 3 atom stereocenters. The van der Waals surface area contributed by atoms with Crippen LogP contribution in [0.4, 0.5) is 0 Å². The van der Waals surface area contributed by atoms with Gasteiger partial charge in [-0.3, -0.25) is 9.36 Å². The summed E-state index contributed by atoms with van der Waals surface area (Å²) in [4.78, 5) is 25.5. The van der Waals surface area contributed by atoms with Crippen molar-refractivity contribution in [3.05, 3.63) is 64.0 Å². The van der Waals surface area contributed by atoms with Crippen LogP contribution in [-0.4, -0.2) is 35.3 Å². The zero-order valence-electron chi connectivity index (χ0n) is 15.2. The predicted octanol–water partition coefficient (Wildman–Crippen LogP) is 1.51. The van der Waals surface area contributed by atoms with Gasteiger partial charge in [0.05, 0.1) is 12.2 Å². The molecule has 140 valence electrons. The van der Waals surface area contributed by atoms with E-state index in [1.54, 1.807) is 17.9 Å². The number of para-hydroxylation sites is 1. The highest BCUT2D eigenvalue weighted by Gasteiger charge is 2.61. The van der Waals surface area contributed by atoms with Gasteiger partial charge in [0.25, 0.3) is 5.56 Å². The van der Waals surface area contributed by atoms with Crippen molar-refractivity contribution in [2.45, 2.75) is 31.4 Å². The Morgan fingerprint density at radius 1 is 1.18 bits per heavy atom. The van der Waals surface area contributed by atoms with Crippen LogP contribution in [0, 0.1) is 6.92 Å². The Morgan fingerprint density at radius 3 is 2.93 bits per heavy atom. The minimum absolute atomic E-state index is 0.0664. The zero-order valence-corrected chi connectivity index (χ0v) is 15.2. The van der Waals surface area contributed by atoms with E-state index in [4.69, 9.17) is 9.26 Å². The molecule has 1 aliphatic carbocycles. The van der Waals surface area contributed by atoms with Crippen LogP contribution in [0.1, 0.15) is 34.7 Å². The second kappa shape index (κ2) is 5.28. The monoisotopic (exact) mass is 376 g/mol. The first kappa shape index (κ1) is 15.6. The molecule has 3 unspecified atom stereocenters. The molecule has 9 nitrogen and oxygen atoms in total. The van der Waals surface area contributed by atoms with Crippen molar-refractivity contribution in [3.8, 4) is 5.75 Å². The molecule has 1 fully saturated rings. The van der Waals surface area contributed by atoms with Crippen LogP contribution < -0.4 is 10.3 Å². The molecule has 3 aromatic heterocycles. The lowest BCUT2D eigenvalue weighted by molar-refractivity contribution is 0.304. The van der Waals surface area contributed by atoms with E-state index in [1.165, 1.54) is 16.5 Å². The summed E-state index contributed by atoms with van der Waals surface area (Å²) in [7, 11) is 1.76. The number of fused-ring (bicyclic) bond motifs is 4. The highest BCUT2D eigenvalue weighted by molar-refractivity contribution is 5.68. The van der Waals surface area contributed by atoms with Gasteiger partial charge in [0.15, 0.2) is 17.0 Å². The van der Waals surface area contributed by atoms with Crippen molar-refractivity contribution in [2.24, 2.45) is 7.05 Å². The molecule has 0 saturated heterocycles. The fourth-order valence-corrected chi connectivity index (χ4v) is 4.14. The lowest BCUT2D eigenvalue weighted by Gasteiger charge is -2.08. The molecule has 0 radical (unpaired) electrons. The summed E-state index contributed by atoms with van der Waals surface area (Å²) in [5.41, 5.74) is 3.03. The second-order valence-corrected chi connectivity index (χ2v) is 7.38. The van der Waals surface area contributed by atoms with Crippen LogP contribution in [0.3, 0.4) is 0 Å². The first-order valence-electron chi connectivity index (χ1n) is 9.07. The second-order valence-electron chi connectivity index (χ2n) is 7.38. The maximum absolute atomic E-state index is 12.6. The van der Waals surface area contributed by atoms with E-state index in [0.29, 0.717) is 22.9 Å². The van der Waals surface area contributed by atoms with Crippen molar-refractivity contribution in [1.29, 1.82) is 0 Å². The first-order chi connectivity index (χ1) is 13.6. The van der Waals surface area contributed by atoms with Crippen LogP contribution >= 0.6 is 0 Å². The van der Waals surface area contributed by atoms with E-state index in [1.807, 2.05) is 6.07 Å². The maximum atomic E-state index is 12.6. The van der Waals surface area contributed by atoms with Gasteiger partial charge >= 0.3 is 0 Å². The summed E-state index contributed by atoms with van der Waals surface area (Å²) in [5.74, 6) is 2.35. The third-order valence-corrected chi connectivity index (χ3v) is 5.60. The summed E-state index contributed by atoms with van der Waals surface area (Å²) >= 11 is 0. The van der Waals surface area contributed by atoms with Crippen molar-refractivity contribution in [3.63, 3.8) is 0 Å². The molecule has 1 aromatic carbocycles. The Labute approximate surface area is 158 Å². The molecule has 1 aliphatic heterocycles. The van der Waals surface area contributed by atoms with Gasteiger partial charge in [-0.2, -0.15) is 4.98 Å². The molecular weight excluding hydrogens is 360 g/mol. The van der Waals surface area contributed by atoms with Crippen molar-refractivity contribution in [1.82, 2.24) is 29.2 Å². The van der Waals surface area contributed by atoms with Gasteiger partial charge in [0.2, 0.25) is 5.89 Å². The number of rotatable bonds is 3. The lowest BCUT2D eigenvalue weighted by atomic mass is 10.1. The zero-order chi connectivity index (χ0) is 19.0. The quantitative estimate of drug-likeness (QED) is 0.534. The Kier molecular flexibility index (Phi) is 2.93. The molecule has 0 N–H and O–H groups in total. The Hall–Kier alpha value is -3.49. The van der Waals surface area contributed by atoms with Crippen LogP contribution in [-0.2, 0) is 13.6 Å². The Bertz CT molecular complexity index is 1300. The van der Waals surface area contributed by atoms with Gasteiger partial charge in [-0.25, -0.2) is 9.97 Å². The largest absolute Gasteiger partial charge is 0.488 e. The predicted molar refractivity (Wildman–Crippen MR) is 97.2 cm³/mol. The molecule has 9 heteroatoms. The average Bonchev–Trinajstić information content (AvgIpc) is 3.04. The summed E-state index contributed by atoms with van der Waals surface area (Å²) < 4.78 is 14.6. The van der Waals surface area contributed by atoms with E-state index < -0.39 is 0 Å². The third-order valence-electron chi connectivity index (χ3n) is 5.60. The highest BCUT2D eigenvalue weighted by atomic mass is 16.5. The van der Waals surface area contributed by atoms with Crippen LogP contribution in [0.5, 0.6) is 5.75 Å². The molecule has 1 saturated carbocycles. The fraction of sp³-hybridized carbons (Fsp3) is 0.316. The standard InChI is InChI=1S/C19H16N6O3/c1-9-4-3-5-10-12-13(16(12)27-15(9)10)17-22-11(28-23-17)6-25-8-21-18-14(19(25)26)24(2)7-20-18/h3-5,7-8,12-13,16H,6H2,1-2H3. The molecule has 4 heterocycles. The number of aryl methyl sites for hydroxylation is 2. The number of hydrogen-bond acceptors (Lipinski definition) is 7. The summed E-state index contributed by atoms with van der Waals surface area (Å²) in [6.07, 6.45) is 3.09. The van der Waals surface area contributed by atoms with E-state index in [9.17, 15) is 4.79 Å². The van der Waals surface area contributed by atoms with E-state index in [-0.39, 0.29) is 30.0 Å². The number of benzene rings is 1. The van der Waals surface area contributed by atoms with Gasteiger partial charge in [-0.05, 0) is 12.5 Å². The molecule has 0 bridgehead atoms. The van der Waals surface area contributed by atoms with Gasteiger partial charge in [0, 0.05) is 18.5 Å².